The normalized spacial score (nSPS) is 21.2. The highest BCUT2D eigenvalue weighted by Crippen LogP contribution is 2.20. The first-order valence-corrected chi connectivity index (χ1v) is 24.4. The SMILES string of the molecule is C=C(N)C1CCCNC(=O)CC[C@H](NC(=O)[C@H](CCCN=C(N)N)NC(C)=O)C(=O)N[C@@H](CO)C(=O)N[C@H](Cc2cccc(Cl)c2)C(=O)N[C@@H](CCCN=C(N)N)C(=O)N[C@@H](Cc2c[nH]c3ccccc23)C(=O)N1. The molecule has 0 spiro atoms. The summed E-state index contributed by atoms with van der Waals surface area (Å²) in [5, 5.41) is 32.8. The number of nitrogens with two attached hydrogens (primary N) is 5. The minimum absolute atomic E-state index is 0.0213. The zero-order valence-corrected chi connectivity index (χ0v) is 42.0. The van der Waals surface area contributed by atoms with E-state index in [2.05, 4.69) is 64.1 Å². The van der Waals surface area contributed by atoms with E-state index < -0.39 is 96.2 Å². The highest BCUT2D eigenvalue weighted by atomic mass is 35.5. The van der Waals surface area contributed by atoms with Crippen LogP contribution < -0.4 is 71.2 Å². The third-order valence-corrected chi connectivity index (χ3v) is 12.0. The number of carbonyl (C=O) groups excluding carboxylic acids is 8. The maximum Gasteiger partial charge on any atom is 0.245 e. The lowest BCUT2D eigenvalue weighted by Gasteiger charge is -2.28. The summed E-state index contributed by atoms with van der Waals surface area (Å²) in [5.41, 5.74) is 30.2. The number of aliphatic hydroxyl groups excluding tert-OH is 1. The van der Waals surface area contributed by atoms with Crippen LogP contribution in [0.2, 0.25) is 5.02 Å². The fourth-order valence-electron chi connectivity index (χ4n) is 7.97. The number of aromatic amines is 1. The van der Waals surface area contributed by atoms with Crippen LogP contribution in [0, 0.1) is 0 Å². The number of nitrogens with zero attached hydrogens (tertiary/aromatic N) is 2. The number of halogens is 1. The molecule has 8 amide bonds. The van der Waals surface area contributed by atoms with Crippen molar-refractivity contribution in [3.8, 4) is 0 Å². The lowest BCUT2D eigenvalue weighted by molar-refractivity contribution is -0.136. The number of para-hydroxylation sites is 1. The topological polar surface area (TPSA) is 424 Å². The molecule has 1 aliphatic rings. The highest BCUT2D eigenvalue weighted by molar-refractivity contribution is 6.30. The van der Waals surface area contributed by atoms with E-state index in [9.17, 15) is 43.5 Å². The van der Waals surface area contributed by atoms with Crippen LogP contribution in [0.5, 0.6) is 0 Å². The minimum Gasteiger partial charge on any atom is -0.401 e. The maximum absolute atomic E-state index is 14.5. The third-order valence-electron chi connectivity index (χ3n) is 11.8. The molecule has 3 aromatic rings. The van der Waals surface area contributed by atoms with E-state index in [0.29, 0.717) is 16.1 Å². The molecule has 0 aliphatic carbocycles. The zero-order chi connectivity index (χ0) is 54.3. The molecule has 1 saturated heterocycles. The Morgan fingerprint density at radius 3 is 2.07 bits per heavy atom. The summed E-state index contributed by atoms with van der Waals surface area (Å²) in [5.74, 6) is -6.70. The van der Waals surface area contributed by atoms with Gasteiger partial charge in [-0.1, -0.05) is 48.5 Å². The molecule has 0 bridgehead atoms. The van der Waals surface area contributed by atoms with Crippen molar-refractivity contribution >= 4 is 81.7 Å². The van der Waals surface area contributed by atoms with Crippen molar-refractivity contribution in [3.05, 3.63) is 83.2 Å². The van der Waals surface area contributed by atoms with Gasteiger partial charge in [0.25, 0.3) is 0 Å². The molecule has 25 nitrogen and oxygen atoms in total. The van der Waals surface area contributed by atoms with E-state index in [0.717, 1.165) is 10.9 Å². The number of hydrogen-bond donors (Lipinski definition) is 15. The van der Waals surface area contributed by atoms with Gasteiger partial charge in [-0.25, -0.2) is 0 Å². The molecule has 4 rings (SSSR count). The average molecular weight is 1050 g/mol. The molecule has 7 atom stereocenters. The Labute approximate surface area is 432 Å². The molecular formula is C48H69ClN16O9. The Kier molecular flexibility index (Phi) is 23.4. The molecule has 0 radical (unpaired) electrons. The average Bonchev–Trinajstić information content (AvgIpc) is 3.75. The van der Waals surface area contributed by atoms with Gasteiger partial charge < -0.3 is 81.3 Å². The van der Waals surface area contributed by atoms with Gasteiger partial charge in [-0.3, -0.25) is 48.3 Å². The summed E-state index contributed by atoms with van der Waals surface area (Å²) in [6, 6.07) is 4.34. The van der Waals surface area contributed by atoms with Crippen LogP contribution >= 0.6 is 11.6 Å². The van der Waals surface area contributed by atoms with Crippen molar-refractivity contribution in [2.24, 2.45) is 38.7 Å². The molecule has 1 aliphatic heterocycles. The number of rotatable bonds is 17. The number of aromatic nitrogens is 1. The van der Waals surface area contributed by atoms with E-state index in [1.165, 1.54) is 6.92 Å². The Balaban J connectivity index is 1.75. The van der Waals surface area contributed by atoms with E-state index >= 15 is 0 Å². The van der Waals surface area contributed by atoms with Crippen molar-refractivity contribution < 1.29 is 43.5 Å². The molecule has 2 aromatic carbocycles. The van der Waals surface area contributed by atoms with E-state index in [-0.39, 0.29) is 101 Å². The summed E-state index contributed by atoms with van der Waals surface area (Å²) in [7, 11) is 0. The predicted molar refractivity (Wildman–Crippen MR) is 278 cm³/mol. The summed E-state index contributed by atoms with van der Waals surface area (Å²) in [4.78, 5) is 122. The number of H-pyrrole nitrogens is 1. The van der Waals surface area contributed by atoms with E-state index in [1.54, 1.807) is 30.5 Å². The van der Waals surface area contributed by atoms with Crippen molar-refractivity contribution in [1.82, 2.24) is 47.5 Å². The van der Waals surface area contributed by atoms with Gasteiger partial charge in [0.05, 0.1) is 12.6 Å². The monoisotopic (exact) mass is 1050 g/mol. The number of hydrogen-bond acceptors (Lipinski definition) is 12. The lowest BCUT2D eigenvalue weighted by Crippen LogP contribution is -2.61. The number of fused-ring (bicyclic) bond motifs is 1. The van der Waals surface area contributed by atoms with Crippen molar-refractivity contribution in [2.75, 3.05) is 26.2 Å². The van der Waals surface area contributed by atoms with Gasteiger partial charge in [-0.05, 0) is 74.3 Å². The third kappa shape index (κ3) is 19.6. The van der Waals surface area contributed by atoms with Crippen LogP contribution in [0.25, 0.3) is 10.9 Å². The van der Waals surface area contributed by atoms with E-state index in [1.807, 2.05) is 24.3 Å². The molecule has 1 unspecified atom stereocenters. The van der Waals surface area contributed by atoms with Crippen LogP contribution in [0.3, 0.4) is 0 Å². The fourth-order valence-corrected chi connectivity index (χ4v) is 8.19. The van der Waals surface area contributed by atoms with Gasteiger partial charge in [0.2, 0.25) is 47.3 Å². The zero-order valence-electron chi connectivity index (χ0n) is 41.2. The highest BCUT2D eigenvalue weighted by Gasteiger charge is 2.34. The van der Waals surface area contributed by atoms with E-state index in [4.69, 9.17) is 40.3 Å². The van der Waals surface area contributed by atoms with Gasteiger partial charge in [-0.2, -0.15) is 0 Å². The molecule has 1 fully saturated rings. The molecule has 0 saturated carbocycles. The largest absolute Gasteiger partial charge is 0.401 e. The smallest absolute Gasteiger partial charge is 0.245 e. The number of guanidine groups is 2. The van der Waals surface area contributed by atoms with Crippen LogP contribution in [0.4, 0.5) is 0 Å². The van der Waals surface area contributed by atoms with Gasteiger partial charge in [-0.15, -0.1) is 0 Å². The van der Waals surface area contributed by atoms with Crippen molar-refractivity contribution in [3.63, 3.8) is 0 Å². The van der Waals surface area contributed by atoms with Gasteiger partial charge in [0.1, 0.15) is 36.3 Å². The van der Waals surface area contributed by atoms with Gasteiger partial charge in [0, 0.05) is 73.6 Å². The Bertz CT molecular complexity index is 2530. The lowest BCUT2D eigenvalue weighted by atomic mass is 10.0. The summed E-state index contributed by atoms with van der Waals surface area (Å²) < 4.78 is 0. The Hall–Kier alpha value is -7.93. The quantitative estimate of drug-likeness (QED) is 0.0371. The summed E-state index contributed by atoms with van der Waals surface area (Å²) in [6.07, 6.45) is 1.63. The molecule has 2 heterocycles. The fraction of sp³-hybridized carbons (Fsp3) is 0.458. The van der Waals surface area contributed by atoms with Crippen LogP contribution in [0.1, 0.15) is 69.4 Å². The molecule has 74 heavy (non-hydrogen) atoms. The van der Waals surface area contributed by atoms with Crippen LogP contribution in [0.15, 0.2) is 77.0 Å². The molecule has 20 N–H and O–H groups in total. The van der Waals surface area contributed by atoms with Crippen LogP contribution in [-0.2, 0) is 51.2 Å². The molecule has 26 heteroatoms. The van der Waals surface area contributed by atoms with Crippen LogP contribution in [-0.4, -0.2) is 138 Å². The standard InChI is InChI=1S/C48H69ClN16O9/c1-26(50)32-13-6-18-55-40(68)17-16-36(62-41(69)34(59-27(2)67)14-7-19-56-47(51)52)43(71)65-39(25-66)46(74)63-37(22-28-9-5-10-30(49)21-28)44(72)61-35(15-8-20-57-48(53)54)42(70)64-38(45(73)60-32)23-29-24-58-33-12-4-3-11-31(29)33/h3-5,9-12,21,24,32,34-39,58,66H,1,6-8,13-20,22-23,25,50H2,2H3,(H,55,68)(H,59,67)(H,60,73)(H,61,72)(H,62,69)(H,63,74)(H,64,70)(H,65,71)(H4,51,52,56)(H4,53,54,57)/t32?,34-,35-,36-,37+,38-,39-/m0/s1. The second-order valence-electron chi connectivity index (χ2n) is 17.7. The van der Waals surface area contributed by atoms with Gasteiger partial charge >= 0.3 is 0 Å². The first kappa shape index (κ1) is 58.6. The van der Waals surface area contributed by atoms with Gasteiger partial charge in [0.15, 0.2) is 11.9 Å². The number of nitrogens with one attached hydrogen (secondary N) is 9. The predicted octanol–water partition coefficient (Wildman–Crippen LogP) is -2.72. The Morgan fingerprint density at radius 2 is 1.41 bits per heavy atom. The number of carbonyl (C=O) groups is 8. The second-order valence-corrected chi connectivity index (χ2v) is 18.1. The first-order valence-electron chi connectivity index (χ1n) is 24.1. The molecule has 1 aromatic heterocycles. The molecule has 402 valence electrons. The number of aliphatic imine (C=N–C) groups is 2. The summed E-state index contributed by atoms with van der Waals surface area (Å²) in [6.45, 7) is 4.28. The molecular weight excluding hydrogens is 980 g/mol. The number of benzene rings is 2. The Morgan fingerprint density at radius 1 is 0.784 bits per heavy atom. The van der Waals surface area contributed by atoms with Crippen molar-refractivity contribution in [1.29, 1.82) is 0 Å². The minimum atomic E-state index is -1.74. The second kappa shape index (κ2) is 29.6. The summed E-state index contributed by atoms with van der Waals surface area (Å²) >= 11 is 6.30. The first-order chi connectivity index (χ1) is 35.2. The number of amides is 8. The maximum atomic E-state index is 14.5. The number of aliphatic hydroxyl groups is 1. The van der Waals surface area contributed by atoms with Crippen molar-refractivity contribution in [2.45, 2.75) is 113 Å².